The second-order valence-corrected chi connectivity index (χ2v) is 6.46. The van der Waals surface area contributed by atoms with Crippen LogP contribution in [0.15, 0.2) is 47.4 Å². The Balaban J connectivity index is 1.97. The van der Waals surface area contributed by atoms with Gasteiger partial charge < -0.3 is 9.64 Å². The molecular weight excluding hydrogens is 322 g/mol. The molecule has 0 aromatic heterocycles. The highest BCUT2D eigenvalue weighted by atomic mass is 32.2. The number of anilines is 1. The first-order valence-electron chi connectivity index (χ1n) is 7.82. The van der Waals surface area contributed by atoms with Gasteiger partial charge in [-0.1, -0.05) is 6.07 Å². The zero-order valence-electron chi connectivity index (χ0n) is 13.7. The molecule has 0 bridgehead atoms. The average molecular weight is 341 g/mol. The van der Waals surface area contributed by atoms with Crippen LogP contribution < -0.4 is 4.90 Å². The van der Waals surface area contributed by atoms with Gasteiger partial charge >= 0.3 is 5.97 Å². The second-order valence-electron chi connectivity index (χ2n) is 5.58. The van der Waals surface area contributed by atoms with Gasteiger partial charge in [0.15, 0.2) is 0 Å². The van der Waals surface area contributed by atoms with Gasteiger partial charge in [0.05, 0.1) is 12.7 Å². The molecule has 0 spiro atoms. The number of ether oxygens (including phenoxy) is 1. The smallest absolute Gasteiger partial charge is 0.338 e. The van der Waals surface area contributed by atoms with Crippen molar-refractivity contribution in [3.63, 3.8) is 0 Å². The summed E-state index contributed by atoms with van der Waals surface area (Å²) in [5.74, 6) is -0.393. The maximum atomic E-state index is 12.9. The number of hydrogen-bond acceptors (Lipinski definition) is 4. The van der Waals surface area contributed by atoms with E-state index in [2.05, 4.69) is 0 Å². The minimum absolute atomic E-state index is 0.0365. The number of carbonyl (C=O) groups excluding carboxylic acids is 2. The number of nitrogens with zero attached hydrogens (tertiary/aromatic N) is 1. The molecule has 1 aliphatic heterocycles. The number of methoxy groups -OCH3 is 1. The maximum absolute atomic E-state index is 12.9. The molecule has 124 valence electrons. The predicted molar refractivity (Wildman–Crippen MR) is 96.0 cm³/mol. The van der Waals surface area contributed by atoms with Crippen LogP contribution >= 0.6 is 11.8 Å². The van der Waals surface area contributed by atoms with E-state index in [4.69, 9.17) is 4.74 Å². The van der Waals surface area contributed by atoms with Crippen LogP contribution in [0.2, 0.25) is 0 Å². The lowest BCUT2D eigenvalue weighted by atomic mass is 9.95. The molecule has 0 saturated heterocycles. The minimum atomic E-state index is -0.356. The third kappa shape index (κ3) is 3.04. The molecule has 0 radical (unpaired) electrons. The fraction of sp³-hybridized carbons (Fsp3) is 0.263. The van der Waals surface area contributed by atoms with Gasteiger partial charge in [-0.25, -0.2) is 4.79 Å². The lowest BCUT2D eigenvalue weighted by molar-refractivity contribution is 0.0599. The summed E-state index contributed by atoms with van der Waals surface area (Å²) in [6.45, 7) is 0.654. The third-order valence-electron chi connectivity index (χ3n) is 4.24. The number of benzene rings is 2. The molecule has 4 nitrogen and oxygen atoms in total. The molecule has 0 fully saturated rings. The summed E-state index contributed by atoms with van der Waals surface area (Å²) in [5.41, 5.74) is 2.90. The average Bonchev–Trinajstić information content (AvgIpc) is 2.66. The van der Waals surface area contributed by atoms with Crippen molar-refractivity contribution in [2.24, 2.45) is 0 Å². The Bertz CT molecular complexity index is 771. The first-order valence-corrected chi connectivity index (χ1v) is 9.04. The highest BCUT2D eigenvalue weighted by molar-refractivity contribution is 7.98. The van der Waals surface area contributed by atoms with Crippen LogP contribution in [0.3, 0.4) is 0 Å². The Kier molecular flexibility index (Phi) is 4.90. The SMILES string of the molecule is COC(=O)c1cccc2c1CCCN2C(=O)c1ccc(SC)cc1. The van der Waals surface area contributed by atoms with Gasteiger partial charge in [-0.15, -0.1) is 11.8 Å². The van der Waals surface area contributed by atoms with Crippen molar-refractivity contribution >= 4 is 29.3 Å². The number of hydrogen-bond donors (Lipinski definition) is 0. The molecule has 2 aromatic carbocycles. The molecule has 0 aliphatic carbocycles. The summed E-state index contributed by atoms with van der Waals surface area (Å²) in [6.07, 6.45) is 3.61. The van der Waals surface area contributed by atoms with Gasteiger partial charge in [0.25, 0.3) is 5.91 Å². The highest BCUT2D eigenvalue weighted by Gasteiger charge is 2.27. The summed E-state index contributed by atoms with van der Waals surface area (Å²) >= 11 is 1.64. The molecule has 1 heterocycles. The van der Waals surface area contributed by atoms with Crippen LogP contribution in [-0.4, -0.2) is 31.8 Å². The molecule has 3 rings (SSSR count). The van der Waals surface area contributed by atoms with Crippen molar-refractivity contribution in [3.05, 3.63) is 59.2 Å². The van der Waals surface area contributed by atoms with E-state index in [1.54, 1.807) is 28.8 Å². The van der Waals surface area contributed by atoms with Crippen molar-refractivity contribution in [1.29, 1.82) is 0 Å². The van der Waals surface area contributed by atoms with Crippen molar-refractivity contribution in [2.45, 2.75) is 17.7 Å². The number of rotatable bonds is 3. The number of fused-ring (bicyclic) bond motifs is 1. The van der Waals surface area contributed by atoms with E-state index in [0.29, 0.717) is 17.7 Å². The molecule has 1 aliphatic rings. The van der Waals surface area contributed by atoms with E-state index in [-0.39, 0.29) is 11.9 Å². The van der Waals surface area contributed by atoms with E-state index in [0.717, 1.165) is 29.0 Å². The van der Waals surface area contributed by atoms with Gasteiger partial charge in [-0.2, -0.15) is 0 Å². The Morgan fingerprint density at radius 3 is 2.54 bits per heavy atom. The molecule has 5 heteroatoms. The summed E-state index contributed by atoms with van der Waals surface area (Å²) < 4.78 is 4.86. The molecule has 0 unspecified atom stereocenters. The standard InChI is InChI=1S/C19H19NO3S/c1-23-19(22)16-5-3-7-17-15(16)6-4-12-20(17)18(21)13-8-10-14(24-2)11-9-13/h3,5,7-11H,4,6,12H2,1-2H3. The number of esters is 1. The zero-order chi connectivity index (χ0) is 17.1. The van der Waals surface area contributed by atoms with Gasteiger partial charge in [0.2, 0.25) is 0 Å². The lowest BCUT2D eigenvalue weighted by Crippen LogP contribution is -2.36. The fourth-order valence-corrected chi connectivity index (χ4v) is 3.43. The predicted octanol–water partition coefficient (Wildman–Crippen LogP) is 3.79. The first-order chi connectivity index (χ1) is 11.7. The number of carbonyl (C=O) groups is 2. The van der Waals surface area contributed by atoms with Crippen molar-refractivity contribution in [2.75, 3.05) is 24.8 Å². The monoisotopic (exact) mass is 341 g/mol. The minimum Gasteiger partial charge on any atom is -0.465 e. The lowest BCUT2D eigenvalue weighted by Gasteiger charge is -2.30. The second kappa shape index (κ2) is 7.09. The van der Waals surface area contributed by atoms with Crippen LogP contribution in [0.1, 0.15) is 32.7 Å². The Morgan fingerprint density at radius 1 is 1.12 bits per heavy atom. The molecule has 0 atom stereocenters. The van der Waals surface area contributed by atoms with Crippen LogP contribution in [0.4, 0.5) is 5.69 Å². The van der Waals surface area contributed by atoms with E-state index >= 15 is 0 Å². The van der Waals surface area contributed by atoms with Crippen molar-refractivity contribution < 1.29 is 14.3 Å². The van der Waals surface area contributed by atoms with Gasteiger partial charge in [0, 0.05) is 22.7 Å². The van der Waals surface area contributed by atoms with Gasteiger partial charge in [-0.05, 0) is 61.1 Å². The van der Waals surface area contributed by atoms with Crippen LogP contribution in [0, 0.1) is 0 Å². The zero-order valence-corrected chi connectivity index (χ0v) is 14.6. The third-order valence-corrected chi connectivity index (χ3v) is 4.98. The summed E-state index contributed by atoms with van der Waals surface area (Å²) in [5, 5.41) is 0. The maximum Gasteiger partial charge on any atom is 0.338 e. The van der Waals surface area contributed by atoms with E-state index in [9.17, 15) is 9.59 Å². The highest BCUT2D eigenvalue weighted by Crippen LogP contribution is 2.31. The van der Waals surface area contributed by atoms with Crippen LogP contribution in [0.25, 0.3) is 0 Å². The van der Waals surface area contributed by atoms with Crippen LogP contribution in [-0.2, 0) is 11.2 Å². The number of amides is 1. The Hall–Kier alpha value is -2.27. The largest absolute Gasteiger partial charge is 0.465 e. The van der Waals surface area contributed by atoms with E-state index in [1.807, 2.05) is 36.6 Å². The molecule has 24 heavy (non-hydrogen) atoms. The number of thioether (sulfide) groups is 1. The first kappa shape index (κ1) is 16.6. The fourth-order valence-electron chi connectivity index (χ4n) is 3.03. The van der Waals surface area contributed by atoms with Crippen LogP contribution in [0.5, 0.6) is 0 Å². The quantitative estimate of drug-likeness (QED) is 0.629. The summed E-state index contributed by atoms with van der Waals surface area (Å²) in [7, 11) is 1.38. The molecule has 2 aromatic rings. The van der Waals surface area contributed by atoms with Crippen molar-refractivity contribution in [3.8, 4) is 0 Å². The molecule has 0 saturated carbocycles. The normalized spacial score (nSPS) is 13.3. The van der Waals surface area contributed by atoms with Crippen molar-refractivity contribution in [1.82, 2.24) is 0 Å². The van der Waals surface area contributed by atoms with E-state index < -0.39 is 0 Å². The van der Waals surface area contributed by atoms with Gasteiger partial charge in [0.1, 0.15) is 0 Å². The van der Waals surface area contributed by atoms with Gasteiger partial charge in [-0.3, -0.25) is 4.79 Å². The Morgan fingerprint density at radius 2 is 1.88 bits per heavy atom. The molecule has 0 N–H and O–H groups in total. The summed E-state index contributed by atoms with van der Waals surface area (Å²) in [4.78, 5) is 27.8. The Labute approximate surface area is 145 Å². The topological polar surface area (TPSA) is 46.6 Å². The summed E-state index contributed by atoms with van der Waals surface area (Å²) in [6, 6.07) is 13.1. The molecule has 1 amide bonds. The van der Waals surface area contributed by atoms with E-state index in [1.165, 1.54) is 7.11 Å². The molecular formula is C19H19NO3S.